The van der Waals surface area contributed by atoms with Gasteiger partial charge in [-0.05, 0) is 67.1 Å². The van der Waals surface area contributed by atoms with Crippen molar-refractivity contribution < 1.29 is 17.9 Å². The maximum Gasteiger partial charge on any atom is 0.261 e. The minimum atomic E-state index is -3.77. The summed E-state index contributed by atoms with van der Waals surface area (Å²) in [5, 5.41) is 2.85. The van der Waals surface area contributed by atoms with E-state index in [2.05, 4.69) is 20.0 Å². The molecule has 0 spiro atoms. The zero-order valence-corrected chi connectivity index (χ0v) is 18.9. The molecule has 0 bridgehead atoms. The van der Waals surface area contributed by atoms with Crippen LogP contribution in [-0.2, 0) is 16.4 Å². The molecule has 8 nitrogen and oxygen atoms in total. The second kappa shape index (κ2) is 9.74. The normalized spacial score (nSPS) is 11.3. The van der Waals surface area contributed by atoms with Crippen LogP contribution in [-0.4, -0.2) is 37.9 Å². The number of aromatic amines is 1. The first-order valence-electron chi connectivity index (χ1n) is 10.4. The molecule has 9 heteroatoms. The molecule has 0 radical (unpaired) electrons. The van der Waals surface area contributed by atoms with Crippen LogP contribution in [0.3, 0.4) is 0 Å². The van der Waals surface area contributed by atoms with E-state index in [0.717, 1.165) is 23.3 Å². The molecule has 0 aliphatic rings. The first-order valence-corrected chi connectivity index (χ1v) is 11.9. The van der Waals surface area contributed by atoms with Gasteiger partial charge in [-0.3, -0.25) is 9.52 Å². The number of sulfonamides is 1. The Kier molecular flexibility index (Phi) is 6.60. The van der Waals surface area contributed by atoms with Crippen LogP contribution in [0.25, 0.3) is 11.0 Å². The summed E-state index contributed by atoms with van der Waals surface area (Å²) in [6.45, 7) is 0.481. The van der Waals surface area contributed by atoms with Crippen LogP contribution < -0.4 is 14.8 Å². The summed E-state index contributed by atoms with van der Waals surface area (Å²) < 4.78 is 32.8. The van der Waals surface area contributed by atoms with E-state index in [1.54, 1.807) is 24.3 Å². The van der Waals surface area contributed by atoms with Gasteiger partial charge in [-0.2, -0.15) is 0 Å². The average molecular weight is 465 g/mol. The quantitative estimate of drug-likeness (QED) is 0.327. The van der Waals surface area contributed by atoms with E-state index >= 15 is 0 Å². The highest BCUT2D eigenvalue weighted by Crippen LogP contribution is 2.19. The lowest BCUT2D eigenvalue weighted by molar-refractivity contribution is 0.0953. The van der Waals surface area contributed by atoms with Crippen LogP contribution in [0.2, 0.25) is 0 Å². The molecule has 0 saturated carbocycles. The number of amides is 1. The highest BCUT2D eigenvalue weighted by atomic mass is 32.2. The Bertz CT molecular complexity index is 1310. The standard InChI is InChI=1S/C24H24N4O4S/c1-32-19-12-10-18(11-13-19)28-33(30,31)20-14-8-17(9-15-20)24(29)25-16-4-7-23-26-21-5-2-3-6-22(21)27-23/h2-3,5-6,8-15,28H,4,7,16H2,1H3,(H,25,29)(H,26,27). The predicted molar refractivity (Wildman–Crippen MR) is 127 cm³/mol. The number of carbonyl (C=O) groups excluding carboxylic acids is 1. The van der Waals surface area contributed by atoms with Gasteiger partial charge in [-0.1, -0.05) is 12.1 Å². The van der Waals surface area contributed by atoms with Crippen LogP contribution in [0.15, 0.2) is 77.7 Å². The molecule has 0 fully saturated rings. The van der Waals surface area contributed by atoms with Crippen molar-refractivity contribution in [1.82, 2.24) is 15.3 Å². The van der Waals surface area contributed by atoms with Crippen molar-refractivity contribution in [1.29, 1.82) is 0 Å². The Balaban J connectivity index is 1.29. The fraction of sp³-hybridized carbons (Fsp3) is 0.167. The first-order chi connectivity index (χ1) is 15.9. The number of para-hydroxylation sites is 2. The fourth-order valence-electron chi connectivity index (χ4n) is 3.34. The van der Waals surface area contributed by atoms with E-state index in [1.807, 2.05) is 24.3 Å². The third-order valence-corrected chi connectivity index (χ3v) is 6.48. The van der Waals surface area contributed by atoms with Crippen LogP contribution in [0, 0.1) is 0 Å². The molecule has 1 aromatic heterocycles. The van der Waals surface area contributed by atoms with Crippen molar-refractivity contribution in [3.8, 4) is 5.75 Å². The van der Waals surface area contributed by atoms with Crippen molar-refractivity contribution in [3.63, 3.8) is 0 Å². The molecular formula is C24H24N4O4S. The number of nitrogens with one attached hydrogen (secondary N) is 3. The highest BCUT2D eigenvalue weighted by molar-refractivity contribution is 7.92. The zero-order chi connectivity index (χ0) is 23.3. The Morgan fingerprint density at radius 3 is 2.42 bits per heavy atom. The number of aromatic nitrogens is 2. The number of imidazole rings is 1. The van der Waals surface area contributed by atoms with E-state index in [-0.39, 0.29) is 10.8 Å². The van der Waals surface area contributed by atoms with Gasteiger partial charge in [-0.25, -0.2) is 13.4 Å². The van der Waals surface area contributed by atoms with E-state index in [1.165, 1.54) is 31.4 Å². The predicted octanol–water partition coefficient (Wildman–Crippen LogP) is 3.73. The van der Waals surface area contributed by atoms with Crippen LogP contribution in [0.1, 0.15) is 22.6 Å². The SMILES string of the molecule is COc1ccc(NS(=O)(=O)c2ccc(C(=O)NCCCc3nc4ccccc4[nH]3)cc2)cc1. The summed E-state index contributed by atoms with van der Waals surface area (Å²) in [6.07, 6.45) is 1.44. The summed E-state index contributed by atoms with van der Waals surface area (Å²) in [6, 6.07) is 20.2. The molecule has 4 aromatic rings. The number of ether oxygens (including phenoxy) is 1. The number of fused-ring (bicyclic) bond motifs is 1. The molecule has 0 unspecified atom stereocenters. The second-order valence-corrected chi connectivity index (χ2v) is 9.10. The van der Waals surface area contributed by atoms with Gasteiger partial charge in [0, 0.05) is 24.2 Å². The summed E-state index contributed by atoms with van der Waals surface area (Å²) in [4.78, 5) is 20.3. The van der Waals surface area contributed by atoms with Gasteiger partial charge >= 0.3 is 0 Å². The number of nitrogens with zero attached hydrogens (tertiary/aromatic N) is 1. The topological polar surface area (TPSA) is 113 Å². The number of hydrogen-bond donors (Lipinski definition) is 3. The Morgan fingerprint density at radius 1 is 1.00 bits per heavy atom. The minimum absolute atomic E-state index is 0.0692. The number of aryl methyl sites for hydroxylation is 1. The number of carbonyl (C=O) groups is 1. The van der Waals surface area contributed by atoms with Gasteiger partial charge in [0.15, 0.2) is 0 Å². The first kappa shape index (κ1) is 22.3. The molecule has 3 N–H and O–H groups in total. The van der Waals surface area contributed by atoms with Crippen molar-refractivity contribution in [2.75, 3.05) is 18.4 Å². The molecule has 4 rings (SSSR count). The van der Waals surface area contributed by atoms with Crippen LogP contribution in [0.5, 0.6) is 5.75 Å². The third-order valence-electron chi connectivity index (χ3n) is 5.08. The number of methoxy groups -OCH3 is 1. The number of H-pyrrole nitrogens is 1. The molecule has 0 aliphatic heterocycles. The van der Waals surface area contributed by atoms with Crippen LogP contribution >= 0.6 is 0 Å². The van der Waals surface area contributed by atoms with E-state index in [4.69, 9.17) is 4.74 Å². The summed E-state index contributed by atoms with van der Waals surface area (Å²) in [5.41, 5.74) is 2.73. The zero-order valence-electron chi connectivity index (χ0n) is 18.0. The van der Waals surface area contributed by atoms with Crippen LogP contribution in [0.4, 0.5) is 5.69 Å². The Morgan fingerprint density at radius 2 is 1.73 bits per heavy atom. The van der Waals surface area contributed by atoms with Gasteiger partial charge in [-0.15, -0.1) is 0 Å². The van der Waals surface area contributed by atoms with E-state index in [0.29, 0.717) is 30.0 Å². The monoisotopic (exact) mass is 464 g/mol. The van der Waals surface area contributed by atoms with Gasteiger partial charge in [0.05, 0.1) is 23.0 Å². The van der Waals surface area contributed by atoms with Crippen molar-refractivity contribution in [3.05, 3.63) is 84.2 Å². The molecule has 3 aromatic carbocycles. The molecular weight excluding hydrogens is 440 g/mol. The summed E-state index contributed by atoms with van der Waals surface area (Å²) in [5.74, 6) is 1.25. The maximum atomic E-state index is 12.6. The van der Waals surface area contributed by atoms with Gasteiger partial charge in [0.25, 0.3) is 15.9 Å². The number of benzene rings is 3. The van der Waals surface area contributed by atoms with Crippen molar-refractivity contribution >= 4 is 32.7 Å². The van der Waals surface area contributed by atoms with Gasteiger partial charge < -0.3 is 15.0 Å². The van der Waals surface area contributed by atoms with E-state index < -0.39 is 10.0 Å². The van der Waals surface area contributed by atoms with Crippen molar-refractivity contribution in [2.45, 2.75) is 17.7 Å². The molecule has 170 valence electrons. The molecule has 0 atom stereocenters. The Hall–Kier alpha value is -3.85. The summed E-state index contributed by atoms with van der Waals surface area (Å²) >= 11 is 0. The summed E-state index contributed by atoms with van der Waals surface area (Å²) in [7, 11) is -2.23. The smallest absolute Gasteiger partial charge is 0.261 e. The molecule has 1 heterocycles. The van der Waals surface area contributed by atoms with Crippen molar-refractivity contribution in [2.24, 2.45) is 0 Å². The highest BCUT2D eigenvalue weighted by Gasteiger charge is 2.15. The largest absolute Gasteiger partial charge is 0.497 e. The molecule has 0 saturated heterocycles. The lowest BCUT2D eigenvalue weighted by atomic mass is 10.2. The Labute approximate surface area is 192 Å². The number of rotatable bonds is 9. The second-order valence-electron chi connectivity index (χ2n) is 7.42. The van der Waals surface area contributed by atoms with E-state index in [9.17, 15) is 13.2 Å². The van der Waals surface area contributed by atoms with Gasteiger partial charge in [0.2, 0.25) is 0 Å². The van der Waals surface area contributed by atoms with Gasteiger partial charge in [0.1, 0.15) is 11.6 Å². The fourth-order valence-corrected chi connectivity index (χ4v) is 4.40. The number of hydrogen-bond acceptors (Lipinski definition) is 5. The third kappa shape index (κ3) is 5.50. The lowest BCUT2D eigenvalue weighted by Gasteiger charge is -2.10. The minimum Gasteiger partial charge on any atom is -0.497 e. The number of anilines is 1. The average Bonchev–Trinajstić information content (AvgIpc) is 3.25. The molecule has 33 heavy (non-hydrogen) atoms. The maximum absolute atomic E-state index is 12.6. The lowest BCUT2D eigenvalue weighted by Crippen LogP contribution is -2.25. The molecule has 1 amide bonds. The molecule has 0 aliphatic carbocycles.